The summed E-state index contributed by atoms with van der Waals surface area (Å²) in [5.41, 5.74) is 2.60. The van der Waals surface area contributed by atoms with Crippen LogP contribution in [0.1, 0.15) is 11.1 Å². The number of nitrogens with one attached hydrogen (secondary N) is 1. The van der Waals surface area contributed by atoms with Crippen LogP contribution in [-0.2, 0) is 6.54 Å². The Hall–Kier alpha value is -1.25. The topological polar surface area (TPSA) is 12.0 Å². The van der Waals surface area contributed by atoms with Crippen molar-refractivity contribution in [2.24, 2.45) is 0 Å². The van der Waals surface area contributed by atoms with Gasteiger partial charge in [-0.05, 0) is 42.3 Å². The van der Waals surface area contributed by atoms with E-state index in [0.717, 1.165) is 11.1 Å². The van der Waals surface area contributed by atoms with E-state index >= 15 is 0 Å². The second kappa shape index (κ2) is 5.59. The summed E-state index contributed by atoms with van der Waals surface area (Å²) in [4.78, 5) is 0. The summed E-state index contributed by atoms with van der Waals surface area (Å²) in [7, 11) is 0. The highest BCUT2D eigenvalue weighted by atomic mass is 35.5. The molecule has 94 valence electrons. The van der Waals surface area contributed by atoms with Crippen molar-refractivity contribution in [3.05, 3.63) is 63.4 Å². The van der Waals surface area contributed by atoms with Crippen molar-refractivity contribution >= 4 is 28.9 Å². The predicted molar refractivity (Wildman–Crippen MR) is 74.9 cm³/mol. The van der Waals surface area contributed by atoms with Gasteiger partial charge < -0.3 is 5.32 Å². The highest BCUT2D eigenvalue weighted by Crippen LogP contribution is 2.30. The molecule has 0 heterocycles. The molecule has 0 unspecified atom stereocenters. The number of halogens is 3. The molecule has 2 aromatic carbocycles. The monoisotopic (exact) mass is 283 g/mol. The van der Waals surface area contributed by atoms with E-state index in [-0.39, 0.29) is 5.82 Å². The highest BCUT2D eigenvalue weighted by Gasteiger charge is 2.06. The molecule has 0 radical (unpaired) electrons. The van der Waals surface area contributed by atoms with Crippen molar-refractivity contribution < 1.29 is 4.39 Å². The summed E-state index contributed by atoms with van der Waals surface area (Å²) in [6.07, 6.45) is 0. The minimum absolute atomic E-state index is 0.230. The maximum atomic E-state index is 13.0. The van der Waals surface area contributed by atoms with Crippen LogP contribution in [-0.4, -0.2) is 0 Å². The van der Waals surface area contributed by atoms with E-state index in [9.17, 15) is 4.39 Å². The zero-order chi connectivity index (χ0) is 13.1. The Labute approximate surface area is 116 Å². The first-order valence-corrected chi connectivity index (χ1v) is 6.26. The van der Waals surface area contributed by atoms with Gasteiger partial charge in [0, 0.05) is 6.54 Å². The van der Waals surface area contributed by atoms with Crippen LogP contribution in [0.5, 0.6) is 0 Å². The average Bonchev–Trinajstić information content (AvgIpc) is 2.31. The summed E-state index contributed by atoms with van der Waals surface area (Å²) in [6, 6.07) is 10.0. The average molecular weight is 284 g/mol. The van der Waals surface area contributed by atoms with Crippen LogP contribution in [0.2, 0.25) is 10.0 Å². The van der Waals surface area contributed by atoms with Gasteiger partial charge >= 0.3 is 0 Å². The van der Waals surface area contributed by atoms with E-state index in [1.807, 2.05) is 6.92 Å². The Bertz CT molecular complexity index is 549. The van der Waals surface area contributed by atoms with Crippen molar-refractivity contribution in [1.82, 2.24) is 0 Å². The summed E-state index contributed by atoms with van der Waals surface area (Å²) in [6.45, 7) is 2.42. The fourth-order valence-corrected chi connectivity index (χ4v) is 2.24. The lowest BCUT2D eigenvalue weighted by molar-refractivity contribution is 0.625. The van der Waals surface area contributed by atoms with Crippen LogP contribution >= 0.6 is 23.2 Å². The van der Waals surface area contributed by atoms with Gasteiger partial charge in [0.05, 0.1) is 15.7 Å². The number of para-hydroxylation sites is 1. The SMILES string of the molecule is Cc1cc(F)ccc1CNc1c(Cl)cccc1Cl. The molecule has 4 heteroatoms. The molecule has 2 rings (SSSR count). The van der Waals surface area contributed by atoms with E-state index in [0.29, 0.717) is 22.3 Å². The van der Waals surface area contributed by atoms with Gasteiger partial charge in [-0.25, -0.2) is 4.39 Å². The van der Waals surface area contributed by atoms with E-state index in [2.05, 4.69) is 5.32 Å². The number of hydrogen-bond donors (Lipinski definition) is 1. The molecule has 0 bridgehead atoms. The fraction of sp³-hybridized carbons (Fsp3) is 0.143. The zero-order valence-electron chi connectivity index (χ0n) is 9.81. The number of hydrogen-bond acceptors (Lipinski definition) is 1. The molecule has 0 saturated carbocycles. The largest absolute Gasteiger partial charge is 0.379 e. The third kappa shape index (κ3) is 2.95. The van der Waals surface area contributed by atoms with Crippen LogP contribution in [0.4, 0.5) is 10.1 Å². The van der Waals surface area contributed by atoms with Gasteiger partial charge in [-0.1, -0.05) is 35.3 Å². The molecule has 0 amide bonds. The third-order valence-corrected chi connectivity index (χ3v) is 3.35. The lowest BCUT2D eigenvalue weighted by Crippen LogP contribution is -2.02. The first kappa shape index (κ1) is 13.2. The zero-order valence-corrected chi connectivity index (χ0v) is 11.3. The van der Waals surface area contributed by atoms with Gasteiger partial charge in [0.1, 0.15) is 5.82 Å². The molecule has 0 aliphatic heterocycles. The first-order valence-electron chi connectivity index (χ1n) is 5.51. The maximum Gasteiger partial charge on any atom is 0.123 e. The molecule has 1 N–H and O–H groups in total. The number of benzene rings is 2. The minimum Gasteiger partial charge on any atom is -0.379 e. The van der Waals surface area contributed by atoms with E-state index in [1.165, 1.54) is 12.1 Å². The molecule has 0 aromatic heterocycles. The smallest absolute Gasteiger partial charge is 0.123 e. The quantitative estimate of drug-likeness (QED) is 0.831. The fourth-order valence-electron chi connectivity index (χ4n) is 1.71. The molecule has 0 atom stereocenters. The summed E-state index contributed by atoms with van der Waals surface area (Å²) in [5, 5.41) is 4.31. The Balaban J connectivity index is 2.16. The number of rotatable bonds is 3. The van der Waals surface area contributed by atoms with Crippen molar-refractivity contribution in [2.75, 3.05) is 5.32 Å². The van der Waals surface area contributed by atoms with Crippen molar-refractivity contribution in [3.8, 4) is 0 Å². The molecule has 0 saturated heterocycles. The standard InChI is InChI=1S/C14H12Cl2FN/c1-9-7-11(17)6-5-10(9)8-18-14-12(15)3-2-4-13(14)16/h2-7,18H,8H2,1H3. The van der Waals surface area contributed by atoms with Gasteiger partial charge in [-0.3, -0.25) is 0 Å². The van der Waals surface area contributed by atoms with E-state index in [1.54, 1.807) is 24.3 Å². The molecule has 18 heavy (non-hydrogen) atoms. The van der Waals surface area contributed by atoms with Gasteiger partial charge in [0.2, 0.25) is 0 Å². The summed E-state index contributed by atoms with van der Waals surface area (Å²) < 4.78 is 13.0. The number of aryl methyl sites for hydroxylation is 1. The second-order valence-corrected chi connectivity index (χ2v) is 4.84. The third-order valence-electron chi connectivity index (χ3n) is 2.72. The summed E-state index contributed by atoms with van der Waals surface area (Å²) >= 11 is 12.1. The molecular formula is C14H12Cl2FN. The van der Waals surface area contributed by atoms with Gasteiger partial charge in [0.15, 0.2) is 0 Å². The lowest BCUT2D eigenvalue weighted by Gasteiger charge is -2.12. The highest BCUT2D eigenvalue weighted by molar-refractivity contribution is 6.39. The molecule has 0 aliphatic rings. The van der Waals surface area contributed by atoms with Crippen LogP contribution in [0.25, 0.3) is 0 Å². The van der Waals surface area contributed by atoms with Crippen molar-refractivity contribution in [1.29, 1.82) is 0 Å². The molecule has 1 nitrogen and oxygen atoms in total. The van der Waals surface area contributed by atoms with Crippen LogP contribution < -0.4 is 5.32 Å². The number of anilines is 1. The first-order chi connectivity index (χ1) is 8.58. The van der Waals surface area contributed by atoms with Gasteiger partial charge in [-0.15, -0.1) is 0 Å². The van der Waals surface area contributed by atoms with Gasteiger partial charge in [0.25, 0.3) is 0 Å². The van der Waals surface area contributed by atoms with E-state index in [4.69, 9.17) is 23.2 Å². The Morgan fingerprint density at radius 3 is 2.39 bits per heavy atom. The molecule has 2 aromatic rings. The molecular weight excluding hydrogens is 272 g/mol. The maximum absolute atomic E-state index is 13.0. The van der Waals surface area contributed by atoms with Gasteiger partial charge in [-0.2, -0.15) is 0 Å². The Kier molecular flexibility index (Phi) is 4.10. The molecule has 0 spiro atoms. The van der Waals surface area contributed by atoms with Crippen LogP contribution in [0.3, 0.4) is 0 Å². The predicted octanol–water partition coefficient (Wildman–Crippen LogP) is 5.05. The van der Waals surface area contributed by atoms with Crippen LogP contribution in [0, 0.1) is 12.7 Å². The minimum atomic E-state index is -0.230. The second-order valence-electron chi connectivity index (χ2n) is 4.02. The van der Waals surface area contributed by atoms with E-state index < -0.39 is 0 Å². The van der Waals surface area contributed by atoms with Crippen LogP contribution in [0.15, 0.2) is 36.4 Å². The normalized spacial score (nSPS) is 10.4. The van der Waals surface area contributed by atoms with Crippen molar-refractivity contribution in [3.63, 3.8) is 0 Å². The lowest BCUT2D eigenvalue weighted by atomic mass is 10.1. The Morgan fingerprint density at radius 2 is 1.78 bits per heavy atom. The Morgan fingerprint density at radius 1 is 1.11 bits per heavy atom. The molecule has 0 fully saturated rings. The molecule has 0 aliphatic carbocycles. The van der Waals surface area contributed by atoms with Crippen molar-refractivity contribution in [2.45, 2.75) is 13.5 Å². The summed E-state index contributed by atoms with van der Waals surface area (Å²) in [5.74, 6) is -0.230.